The zero-order chi connectivity index (χ0) is 41.3. The summed E-state index contributed by atoms with van der Waals surface area (Å²) in [6, 6.07) is 29.6. The third kappa shape index (κ3) is 10.8. The maximum Gasteiger partial charge on any atom is 0.423 e. The molecular weight excluding hydrogens is 727 g/mol. The van der Waals surface area contributed by atoms with Gasteiger partial charge in [-0.2, -0.15) is 13.2 Å². The number of alkyl halides is 3. The van der Waals surface area contributed by atoms with Gasteiger partial charge in [-0.05, 0) is 99.5 Å². The first-order chi connectivity index (χ1) is 26.3. The van der Waals surface area contributed by atoms with Crippen LogP contribution in [0.4, 0.5) is 24.5 Å². The summed E-state index contributed by atoms with van der Waals surface area (Å²) in [5, 5.41) is 45.0. The van der Waals surface area contributed by atoms with Crippen molar-refractivity contribution in [3.63, 3.8) is 0 Å². The Kier molecular flexibility index (Phi) is 14.6. The minimum atomic E-state index is -4.86. The molecule has 5 rings (SSSR count). The molecular formula is C43H50F3N3O7. The summed E-state index contributed by atoms with van der Waals surface area (Å²) in [4.78, 5) is 34.7. The monoisotopic (exact) mass is 777 g/mol. The molecule has 0 aromatic heterocycles. The number of halogens is 3. The Bertz CT molecular complexity index is 1870. The predicted molar refractivity (Wildman–Crippen MR) is 208 cm³/mol. The van der Waals surface area contributed by atoms with Crippen molar-refractivity contribution in [3.8, 4) is 0 Å². The summed E-state index contributed by atoms with van der Waals surface area (Å²) in [6.45, 7) is 9.26. The lowest BCUT2D eigenvalue weighted by Crippen LogP contribution is -2.44. The van der Waals surface area contributed by atoms with Crippen LogP contribution in [-0.2, 0) is 26.8 Å². The number of aliphatic hydroxyl groups excluding tert-OH is 1. The first kappa shape index (κ1) is 43.6. The van der Waals surface area contributed by atoms with Gasteiger partial charge in [-0.1, -0.05) is 98.8 Å². The quantitative estimate of drug-likeness (QED) is 0.0777. The number of likely N-dealkylation sites (tertiary alicyclic amines) is 1. The molecule has 4 aromatic carbocycles. The Balaban J connectivity index is 0.000000309. The van der Waals surface area contributed by atoms with Crippen LogP contribution in [0.1, 0.15) is 87.3 Å². The predicted octanol–water partition coefficient (Wildman–Crippen LogP) is 8.72. The van der Waals surface area contributed by atoms with Gasteiger partial charge >= 0.3 is 12.1 Å². The molecule has 1 aliphatic heterocycles. The topological polar surface area (TPSA) is 153 Å². The number of hydrogen-bond donors (Lipinski definition) is 4. The lowest BCUT2D eigenvalue weighted by molar-refractivity contribution is -0.388. The fourth-order valence-electron chi connectivity index (χ4n) is 6.80. The van der Waals surface area contributed by atoms with E-state index in [-0.39, 0.29) is 11.6 Å². The number of hydrogen-bond acceptors (Lipinski definition) is 7. The number of carboxylic acid groups (broad SMARTS) is 1. The molecule has 300 valence electrons. The van der Waals surface area contributed by atoms with Crippen LogP contribution in [0.15, 0.2) is 103 Å². The minimum absolute atomic E-state index is 0.128. The highest BCUT2D eigenvalue weighted by atomic mass is 19.4. The average Bonchev–Trinajstić information content (AvgIpc) is 3.18. The van der Waals surface area contributed by atoms with E-state index in [0.717, 1.165) is 73.3 Å². The first-order valence-corrected chi connectivity index (χ1v) is 18.6. The van der Waals surface area contributed by atoms with Gasteiger partial charge in [-0.25, -0.2) is 0 Å². The zero-order valence-corrected chi connectivity index (χ0v) is 32.0. The molecule has 0 aliphatic carbocycles. The van der Waals surface area contributed by atoms with Crippen LogP contribution in [-0.4, -0.2) is 56.7 Å². The number of aliphatic hydroxyl groups is 2. The Morgan fingerprint density at radius 2 is 1.41 bits per heavy atom. The molecule has 0 bridgehead atoms. The number of amides is 1. The summed E-state index contributed by atoms with van der Waals surface area (Å²) < 4.78 is 38.0. The number of nitrogens with one attached hydrogen (secondary N) is 1. The molecule has 0 spiro atoms. The van der Waals surface area contributed by atoms with E-state index in [0.29, 0.717) is 12.5 Å². The van der Waals surface area contributed by atoms with Crippen LogP contribution in [0, 0.1) is 22.0 Å². The Hall–Kier alpha value is -5.11. The number of carbonyl (C=O) groups excluding carboxylic acids is 1. The van der Waals surface area contributed by atoms with Gasteiger partial charge in [-0.3, -0.25) is 19.7 Å². The van der Waals surface area contributed by atoms with Gasteiger partial charge in [0.05, 0.1) is 16.4 Å². The number of anilines is 1. The van der Waals surface area contributed by atoms with Gasteiger partial charge in [0.1, 0.15) is 11.2 Å². The molecule has 1 fully saturated rings. The molecule has 13 heteroatoms. The molecule has 1 heterocycles. The summed E-state index contributed by atoms with van der Waals surface area (Å²) in [5.74, 6) is -1.62. The van der Waals surface area contributed by atoms with Crippen LogP contribution < -0.4 is 5.32 Å². The molecule has 4 N–H and O–H groups in total. The number of rotatable bonds is 13. The molecule has 0 saturated carbocycles. The van der Waals surface area contributed by atoms with Crippen molar-refractivity contribution in [3.05, 3.63) is 141 Å². The average molecular weight is 778 g/mol. The second-order valence-electron chi connectivity index (χ2n) is 15.0. The van der Waals surface area contributed by atoms with Crippen molar-refractivity contribution in [2.45, 2.75) is 76.7 Å². The maximum absolute atomic E-state index is 12.7. The van der Waals surface area contributed by atoms with E-state index in [2.05, 4.69) is 10.2 Å². The van der Waals surface area contributed by atoms with Crippen LogP contribution in [0.3, 0.4) is 0 Å². The van der Waals surface area contributed by atoms with Crippen molar-refractivity contribution >= 4 is 23.3 Å². The standard InChI is InChI=1S/C32H39NO4.C11H11F3N2O3/c1-31(2,30(35)36)25-17-15-24(16-18-25)29(34)14-9-21-33-22-19-28(20-23-33)32(37,26-10-5-3-6-11-26)27-12-7-4-8-13-27;1-6(2)10(17)15-7-3-4-9(16(18)19)8(5-7)11(12,13)14/h3-8,10-13,15-18,28-29,34,37H,9,14,19-23H2,1-2H3,(H,35,36);3-6H,1-2H3,(H,15,17). The van der Waals surface area contributed by atoms with Crippen molar-refractivity contribution in [2.24, 2.45) is 11.8 Å². The van der Waals surface area contributed by atoms with Crippen LogP contribution in [0.5, 0.6) is 0 Å². The molecule has 4 aromatic rings. The lowest BCUT2D eigenvalue weighted by atomic mass is 9.72. The van der Waals surface area contributed by atoms with Crippen LogP contribution >= 0.6 is 0 Å². The first-order valence-electron chi connectivity index (χ1n) is 18.6. The summed E-state index contributed by atoms with van der Waals surface area (Å²) in [5.41, 5.74) is -1.09. The number of benzene rings is 4. The summed E-state index contributed by atoms with van der Waals surface area (Å²) in [7, 11) is 0. The van der Waals surface area contributed by atoms with E-state index >= 15 is 0 Å². The largest absolute Gasteiger partial charge is 0.481 e. The number of carbonyl (C=O) groups is 2. The summed E-state index contributed by atoms with van der Waals surface area (Å²) in [6.07, 6.45) is -2.09. The minimum Gasteiger partial charge on any atom is -0.481 e. The second kappa shape index (κ2) is 18.7. The molecule has 1 saturated heterocycles. The molecule has 1 aliphatic rings. The Morgan fingerprint density at radius 1 is 0.875 bits per heavy atom. The van der Waals surface area contributed by atoms with E-state index in [4.69, 9.17) is 0 Å². The Labute approximate surface area is 325 Å². The lowest BCUT2D eigenvalue weighted by Gasteiger charge is -2.42. The third-order valence-electron chi connectivity index (χ3n) is 10.4. The van der Waals surface area contributed by atoms with Gasteiger partial charge in [-0.15, -0.1) is 0 Å². The Morgan fingerprint density at radius 3 is 1.88 bits per heavy atom. The maximum atomic E-state index is 12.7. The second-order valence-corrected chi connectivity index (χ2v) is 15.0. The number of nitro groups is 1. The number of nitro benzene ring substituents is 1. The van der Waals surface area contributed by atoms with Gasteiger partial charge < -0.3 is 25.5 Å². The van der Waals surface area contributed by atoms with Crippen LogP contribution in [0.2, 0.25) is 0 Å². The van der Waals surface area contributed by atoms with Gasteiger partial charge in [0, 0.05) is 17.7 Å². The number of aliphatic carboxylic acids is 1. The van der Waals surface area contributed by atoms with Gasteiger partial charge in [0.25, 0.3) is 5.69 Å². The highest BCUT2D eigenvalue weighted by molar-refractivity contribution is 5.92. The highest BCUT2D eigenvalue weighted by Gasteiger charge is 2.42. The van der Waals surface area contributed by atoms with E-state index in [1.807, 2.05) is 72.8 Å². The highest BCUT2D eigenvalue weighted by Crippen LogP contribution is 2.42. The van der Waals surface area contributed by atoms with Crippen molar-refractivity contribution < 1.29 is 43.0 Å². The van der Waals surface area contributed by atoms with E-state index in [1.165, 1.54) is 0 Å². The molecule has 0 radical (unpaired) electrons. The van der Waals surface area contributed by atoms with E-state index in [9.17, 15) is 48.2 Å². The van der Waals surface area contributed by atoms with Gasteiger partial charge in [0.15, 0.2) is 0 Å². The molecule has 1 atom stereocenters. The molecule has 10 nitrogen and oxygen atoms in total. The number of nitrogens with zero attached hydrogens (tertiary/aromatic N) is 2. The van der Waals surface area contributed by atoms with Gasteiger partial charge in [0.2, 0.25) is 5.91 Å². The SMILES string of the molecule is CC(C)(C(=O)O)c1ccc(C(O)CCCN2CCC(C(O)(c3ccccc3)c3ccccc3)CC2)cc1.CC(C)C(=O)Nc1ccc([N+](=O)[O-])c(C(F)(F)F)c1. The van der Waals surface area contributed by atoms with E-state index < -0.39 is 57.3 Å². The molecule has 1 unspecified atom stereocenters. The number of carboxylic acids is 1. The normalized spacial score (nSPS) is 14.8. The zero-order valence-electron chi connectivity index (χ0n) is 32.0. The number of piperidine rings is 1. The molecule has 1 amide bonds. The van der Waals surface area contributed by atoms with Crippen molar-refractivity contribution in [2.75, 3.05) is 25.0 Å². The summed E-state index contributed by atoms with van der Waals surface area (Å²) >= 11 is 0. The smallest absolute Gasteiger partial charge is 0.423 e. The fourth-order valence-corrected chi connectivity index (χ4v) is 6.80. The fraction of sp³-hybridized carbons (Fsp3) is 0.395. The van der Waals surface area contributed by atoms with Crippen LogP contribution in [0.25, 0.3) is 0 Å². The van der Waals surface area contributed by atoms with Crippen molar-refractivity contribution in [1.29, 1.82) is 0 Å². The van der Waals surface area contributed by atoms with E-state index in [1.54, 1.807) is 39.8 Å². The molecule has 56 heavy (non-hydrogen) atoms. The third-order valence-corrected chi connectivity index (χ3v) is 10.4. The van der Waals surface area contributed by atoms with Crippen molar-refractivity contribution in [1.82, 2.24) is 4.90 Å².